The van der Waals surface area contributed by atoms with E-state index in [0.29, 0.717) is 23.0 Å². The van der Waals surface area contributed by atoms with E-state index in [2.05, 4.69) is 22.5 Å². The molecule has 0 radical (unpaired) electrons. The number of rotatable bonds is 11. The van der Waals surface area contributed by atoms with Crippen LogP contribution in [-0.4, -0.2) is 16.8 Å². The standard InChI is InChI=1S/C24H31N3O2/c1-2-3-4-5-6-7-11-18-17-21(18)24(29)26-20-13-10-12-19(16-20)23(28)27-22-14-8-9-15-25-22/h8-10,12-16,18,21H,2-7,11,17H2,1H3,(H,26,29)(H,25,27,28). The Bertz CT molecular complexity index is 807. The number of aromatic nitrogens is 1. The van der Waals surface area contributed by atoms with Crippen molar-refractivity contribution < 1.29 is 9.59 Å². The van der Waals surface area contributed by atoms with E-state index < -0.39 is 0 Å². The van der Waals surface area contributed by atoms with Crippen molar-refractivity contribution in [3.63, 3.8) is 0 Å². The predicted octanol–water partition coefficient (Wildman–Crippen LogP) is 5.66. The van der Waals surface area contributed by atoms with E-state index in [1.54, 1.807) is 36.5 Å². The van der Waals surface area contributed by atoms with Crippen molar-refractivity contribution in [2.24, 2.45) is 11.8 Å². The maximum Gasteiger partial charge on any atom is 0.256 e. The molecule has 1 aliphatic carbocycles. The van der Waals surface area contributed by atoms with E-state index in [9.17, 15) is 9.59 Å². The van der Waals surface area contributed by atoms with Gasteiger partial charge in [0.25, 0.3) is 5.91 Å². The van der Waals surface area contributed by atoms with E-state index in [1.165, 1.54) is 38.5 Å². The van der Waals surface area contributed by atoms with Gasteiger partial charge in [-0.05, 0) is 49.1 Å². The summed E-state index contributed by atoms with van der Waals surface area (Å²) in [5, 5.41) is 5.74. The molecule has 2 N–H and O–H groups in total. The van der Waals surface area contributed by atoms with Crippen molar-refractivity contribution in [3.8, 4) is 0 Å². The summed E-state index contributed by atoms with van der Waals surface area (Å²) in [6.45, 7) is 2.23. The van der Waals surface area contributed by atoms with Crippen LogP contribution >= 0.6 is 0 Å². The van der Waals surface area contributed by atoms with E-state index >= 15 is 0 Å². The molecule has 5 nitrogen and oxygen atoms in total. The number of carbonyl (C=O) groups excluding carboxylic acids is 2. The lowest BCUT2D eigenvalue weighted by atomic mass is 10.1. The highest BCUT2D eigenvalue weighted by Crippen LogP contribution is 2.43. The monoisotopic (exact) mass is 393 g/mol. The highest BCUT2D eigenvalue weighted by atomic mass is 16.2. The number of pyridine rings is 1. The summed E-state index contributed by atoms with van der Waals surface area (Å²) in [6.07, 6.45) is 11.5. The number of hydrogen-bond acceptors (Lipinski definition) is 3. The van der Waals surface area contributed by atoms with Crippen LogP contribution in [0.25, 0.3) is 0 Å². The van der Waals surface area contributed by atoms with Gasteiger partial charge in [-0.2, -0.15) is 0 Å². The van der Waals surface area contributed by atoms with Crippen molar-refractivity contribution in [1.82, 2.24) is 4.98 Å². The second-order valence-electron chi connectivity index (χ2n) is 7.90. The molecule has 0 saturated heterocycles. The Hall–Kier alpha value is -2.69. The Kier molecular flexibility index (Phi) is 7.79. The SMILES string of the molecule is CCCCCCCCC1CC1C(=O)Nc1cccc(C(=O)Nc2ccccn2)c1. The van der Waals surface area contributed by atoms with Crippen LogP contribution in [0.1, 0.15) is 68.6 Å². The highest BCUT2D eigenvalue weighted by Gasteiger charge is 2.42. The molecule has 2 atom stereocenters. The van der Waals surface area contributed by atoms with Gasteiger partial charge in [-0.15, -0.1) is 0 Å². The molecule has 2 amide bonds. The molecule has 2 aromatic rings. The molecule has 1 aromatic carbocycles. The summed E-state index contributed by atoms with van der Waals surface area (Å²) >= 11 is 0. The average molecular weight is 394 g/mol. The van der Waals surface area contributed by atoms with Gasteiger partial charge in [0, 0.05) is 23.4 Å². The minimum atomic E-state index is -0.243. The van der Waals surface area contributed by atoms with Crippen molar-refractivity contribution in [2.75, 3.05) is 10.6 Å². The van der Waals surface area contributed by atoms with Crippen molar-refractivity contribution >= 4 is 23.3 Å². The van der Waals surface area contributed by atoms with Crippen LogP contribution in [0.15, 0.2) is 48.7 Å². The number of anilines is 2. The molecule has 0 spiro atoms. The lowest BCUT2D eigenvalue weighted by molar-refractivity contribution is -0.117. The van der Waals surface area contributed by atoms with Crippen molar-refractivity contribution in [1.29, 1.82) is 0 Å². The third-order valence-electron chi connectivity index (χ3n) is 5.49. The van der Waals surface area contributed by atoms with Gasteiger partial charge in [-0.3, -0.25) is 9.59 Å². The first-order valence-corrected chi connectivity index (χ1v) is 10.8. The number of amides is 2. The molecule has 1 saturated carbocycles. The van der Waals surface area contributed by atoms with Gasteiger partial charge in [0.2, 0.25) is 5.91 Å². The van der Waals surface area contributed by atoms with Crippen molar-refractivity contribution in [2.45, 2.75) is 58.3 Å². The second-order valence-corrected chi connectivity index (χ2v) is 7.90. The smallest absolute Gasteiger partial charge is 0.256 e. The second kappa shape index (κ2) is 10.7. The van der Waals surface area contributed by atoms with E-state index in [4.69, 9.17) is 0 Å². The lowest BCUT2D eigenvalue weighted by Crippen LogP contribution is -2.16. The molecule has 3 rings (SSSR count). The van der Waals surface area contributed by atoms with E-state index in [-0.39, 0.29) is 17.7 Å². The summed E-state index contributed by atoms with van der Waals surface area (Å²) in [4.78, 5) is 29.0. The van der Waals surface area contributed by atoms with Crippen LogP contribution in [0.4, 0.5) is 11.5 Å². The molecule has 1 aliphatic rings. The molecule has 154 valence electrons. The van der Waals surface area contributed by atoms with Gasteiger partial charge in [0.15, 0.2) is 0 Å². The Morgan fingerprint density at radius 2 is 1.83 bits per heavy atom. The number of hydrogen-bond donors (Lipinski definition) is 2. The van der Waals surface area contributed by atoms with Crippen LogP contribution in [0, 0.1) is 11.8 Å². The van der Waals surface area contributed by atoms with Gasteiger partial charge in [-0.25, -0.2) is 4.98 Å². The highest BCUT2D eigenvalue weighted by molar-refractivity contribution is 6.05. The molecule has 5 heteroatoms. The fraction of sp³-hybridized carbons (Fsp3) is 0.458. The first-order valence-electron chi connectivity index (χ1n) is 10.8. The summed E-state index contributed by atoms with van der Waals surface area (Å²) in [5.74, 6) is 0.978. The van der Waals surface area contributed by atoms with Crippen LogP contribution < -0.4 is 10.6 Å². The Morgan fingerprint density at radius 1 is 1.00 bits per heavy atom. The maximum atomic E-state index is 12.5. The normalized spacial score (nSPS) is 17.6. The number of nitrogens with zero attached hydrogens (tertiary/aromatic N) is 1. The quantitative estimate of drug-likeness (QED) is 0.484. The third-order valence-corrected chi connectivity index (χ3v) is 5.49. The Morgan fingerprint density at radius 3 is 2.62 bits per heavy atom. The molecule has 1 heterocycles. The average Bonchev–Trinajstić information content (AvgIpc) is 3.51. The van der Waals surface area contributed by atoms with Gasteiger partial charge in [-0.1, -0.05) is 57.6 Å². The zero-order valence-corrected chi connectivity index (χ0v) is 17.2. The molecule has 29 heavy (non-hydrogen) atoms. The van der Waals surface area contributed by atoms with Gasteiger partial charge in [0.05, 0.1) is 0 Å². The zero-order valence-electron chi connectivity index (χ0n) is 17.2. The molecule has 0 aliphatic heterocycles. The Labute approximate surface area is 173 Å². The largest absolute Gasteiger partial charge is 0.326 e. The van der Waals surface area contributed by atoms with Crippen LogP contribution in [0.3, 0.4) is 0 Å². The first-order chi connectivity index (χ1) is 14.2. The third kappa shape index (κ3) is 6.70. The van der Waals surface area contributed by atoms with Crippen LogP contribution in [-0.2, 0) is 4.79 Å². The molecule has 2 unspecified atom stereocenters. The molecular formula is C24H31N3O2. The molecule has 0 bridgehead atoms. The molecule has 1 aromatic heterocycles. The summed E-state index contributed by atoms with van der Waals surface area (Å²) in [5.41, 5.74) is 1.15. The topological polar surface area (TPSA) is 71.1 Å². The van der Waals surface area contributed by atoms with Crippen LogP contribution in [0.5, 0.6) is 0 Å². The molecular weight excluding hydrogens is 362 g/mol. The number of unbranched alkanes of at least 4 members (excludes halogenated alkanes) is 5. The summed E-state index contributed by atoms with van der Waals surface area (Å²) in [6, 6.07) is 12.4. The van der Waals surface area contributed by atoms with Gasteiger partial charge < -0.3 is 10.6 Å². The summed E-state index contributed by atoms with van der Waals surface area (Å²) < 4.78 is 0. The van der Waals surface area contributed by atoms with E-state index in [1.807, 2.05) is 12.1 Å². The minimum Gasteiger partial charge on any atom is -0.326 e. The molecule has 1 fully saturated rings. The Balaban J connectivity index is 1.43. The minimum absolute atomic E-state index is 0.0725. The fourth-order valence-corrected chi connectivity index (χ4v) is 3.67. The zero-order chi connectivity index (χ0) is 20.5. The maximum absolute atomic E-state index is 12.5. The van der Waals surface area contributed by atoms with Crippen LogP contribution in [0.2, 0.25) is 0 Å². The van der Waals surface area contributed by atoms with Crippen molar-refractivity contribution in [3.05, 3.63) is 54.2 Å². The number of benzene rings is 1. The van der Waals surface area contributed by atoms with Gasteiger partial charge in [0.1, 0.15) is 5.82 Å². The van der Waals surface area contributed by atoms with Gasteiger partial charge >= 0.3 is 0 Å². The summed E-state index contributed by atoms with van der Waals surface area (Å²) in [7, 11) is 0. The number of carbonyl (C=O) groups is 2. The lowest BCUT2D eigenvalue weighted by Gasteiger charge is -2.08. The van der Waals surface area contributed by atoms with E-state index in [0.717, 1.165) is 12.8 Å². The predicted molar refractivity (Wildman–Crippen MR) is 117 cm³/mol. The fourth-order valence-electron chi connectivity index (χ4n) is 3.67. The number of nitrogens with one attached hydrogen (secondary N) is 2. The first kappa shape index (κ1) is 21.0.